The fraction of sp³-hybridized carbons (Fsp3) is 0.316. The van der Waals surface area contributed by atoms with Crippen LogP contribution >= 0.6 is 0 Å². The molecule has 0 unspecified atom stereocenters. The number of nitrogens with zero attached hydrogens (tertiary/aromatic N) is 2. The first kappa shape index (κ1) is 18.4. The third-order valence-corrected chi connectivity index (χ3v) is 3.93. The topological polar surface area (TPSA) is 73.2 Å². The Balaban J connectivity index is 2.46. The van der Waals surface area contributed by atoms with Gasteiger partial charge in [-0.3, -0.25) is 4.79 Å². The normalized spacial score (nSPS) is 10.4. The van der Waals surface area contributed by atoms with Crippen molar-refractivity contribution in [3.63, 3.8) is 0 Å². The number of hydrogen-bond donors (Lipinski definition) is 1. The standard InChI is InChI=1S/C19H23N3O3/c1-6-10-22-14(5)16(13(4)17(22)19(24)25-7-2)18(23)21-15-11-12(3)8-9-20-15/h6,8-9,11H,1,7,10H2,2-5H3,(H,20,21,23). The highest BCUT2D eigenvalue weighted by atomic mass is 16.5. The van der Waals surface area contributed by atoms with Gasteiger partial charge in [-0.2, -0.15) is 0 Å². The second-order valence-electron chi connectivity index (χ2n) is 5.73. The Morgan fingerprint density at radius 2 is 2.08 bits per heavy atom. The number of aryl methyl sites for hydroxylation is 1. The zero-order valence-corrected chi connectivity index (χ0v) is 15.0. The van der Waals surface area contributed by atoms with E-state index < -0.39 is 5.97 Å². The summed E-state index contributed by atoms with van der Waals surface area (Å²) in [6.45, 7) is 11.6. The fourth-order valence-electron chi connectivity index (χ4n) is 2.83. The number of carbonyl (C=O) groups is 2. The number of rotatable bonds is 6. The molecule has 1 amide bonds. The maximum Gasteiger partial charge on any atom is 0.355 e. The molecule has 0 atom stereocenters. The first-order valence-corrected chi connectivity index (χ1v) is 8.12. The lowest BCUT2D eigenvalue weighted by Gasteiger charge is -2.09. The summed E-state index contributed by atoms with van der Waals surface area (Å²) in [7, 11) is 0. The summed E-state index contributed by atoms with van der Waals surface area (Å²) < 4.78 is 6.89. The van der Waals surface area contributed by atoms with Crippen LogP contribution in [0.2, 0.25) is 0 Å². The molecule has 2 aromatic rings. The van der Waals surface area contributed by atoms with Crippen LogP contribution in [-0.2, 0) is 11.3 Å². The van der Waals surface area contributed by atoms with E-state index in [1.807, 2.05) is 13.0 Å². The van der Waals surface area contributed by atoms with Gasteiger partial charge in [0.15, 0.2) is 0 Å². The Labute approximate surface area is 147 Å². The molecule has 132 valence electrons. The molecular weight excluding hydrogens is 318 g/mol. The monoisotopic (exact) mass is 341 g/mol. The van der Waals surface area contributed by atoms with E-state index in [0.29, 0.717) is 34.9 Å². The predicted octanol–water partition coefficient (Wildman–Crippen LogP) is 3.42. The molecule has 0 saturated carbocycles. The maximum absolute atomic E-state index is 12.8. The van der Waals surface area contributed by atoms with E-state index in [-0.39, 0.29) is 12.5 Å². The van der Waals surface area contributed by atoms with E-state index in [0.717, 1.165) is 5.56 Å². The molecule has 2 heterocycles. The van der Waals surface area contributed by atoms with Crippen LogP contribution in [0, 0.1) is 20.8 Å². The highest BCUT2D eigenvalue weighted by molar-refractivity contribution is 6.08. The quantitative estimate of drug-likeness (QED) is 0.645. The lowest BCUT2D eigenvalue weighted by molar-refractivity contribution is 0.0513. The molecule has 0 aliphatic rings. The average Bonchev–Trinajstić information content (AvgIpc) is 2.78. The summed E-state index contributed by atoms with van der Waals surface area (Å²) in [5.74, 6) is -0.280. The fourth-order valence-corrected chi connectivity index (χ4v) is 2.83. The van der Waals surface area contributed by atoms with E-state index in [1.165, 1.54) is 0 Å². The first-order chi connectivity index (χ1) is 11.9. The van der Waals surface area contributed by atoms with E-state index in [2.05, 4.69) is 16.9 Å². The van der Waals surface area contributed by atoms with Crippen molar-refractivity contribution in [3.05, 3.63) is 59.1 Å². The number of carbonyl (C=O) groups excluding carboxylic acids is 2. The maximum atomic E-state index is 12.8. The Hall–Kier alpha value is -2.89. The molecule has 0 spiro atoms. The van der Waals surface area contributed by atoms with Gasteiger partial charge in [0.25, 0.3) is 5.91 Å². The SMILES string of the molecule is C=CCn1c(C)c(C(=O)Nc2cc(C)ccn2)c(C)c1C(=O)OCC. The number of amides is 1. The van der Waals surface area contributed by atoms with Crippen molar-refractivity contribution in [2.24, 2.45) is 0 Å². The van der Waals surface area contributed by atoms with Crippen LogP contribution in [-0.4, -0.2) is 28.0 Å². The summed E-state index contributed by atoms with van der Waals surface area (Å²) in [5, 5.41) is 2.79. The minimum absolute atomic E-state index is 0.269. The van der Waals surface area contributed by atoms with E-state index in [4.69, 9.17) is 4.74 Å². The summed E-state index contributed by atoms with van der Waals surface area (Å²) in [4.78, 5) is 29.3. The lowest BCUT2D eigenvalue weighted by atomic mass is 10.1. The molecular formula is C19H23N3O3. The Kier molecular flexibility index (Phi) is 5.75. The smallest absolute Gasteiger partial charge is 0.355 e. The Morgan fingerprint density at radius 3 is 2.68 bits per heavy atom. The zero-order chi connectivity index (χ0) is 18.6. The second-order valence-corrected chi connectivity index (χ2v) is 5.73. The van der Waals surface area contributed by atoms with Gasteiger partial charge in [-0.1, -0.05) is 6.08 Å². The minimum Gasteiger partial charge on any atom is -0.461 e. The van der Waals surface area contributed by atoms with Crippen molar-refractivity contribution in [3.8, 4) is 0 Å². The number of nitrogens with one attached hydrogen (secondary N) is 1. The molecule has 2 aromatic heterocycles. The van der Waals surface area contributed by atoms with Crippen LogP contribution in [0.3, 0.4) is 0 Å². The highest BCUT2D eigenvalue weighted by Crippen LogP contribution is 2.24. The number of hydrogen-bond acceptors (Lipinski definition) is 4. The predicted molar refractivity (Wildman–Crippen MR) is 97.0 cm³/mol. The molecule has 2 rings (SSSR count). The van der Waals surface area contributed by atoms with Crippen molar-refractivity contribution < 1.29 is 14.3 Å². The third-order valence-electron chi connectivity index (χ3n) is 3.93. The number of pyridine rings is 1. The molecule has 0 aliphatic heterocycles. The van der Waals surface area contributed by atoms with Gasteiger partial charge in [-0.05, 0) is 51.0 Å². The van der Waals surface area contributed by atoms with Crippen molar-refractivity contribution in [1.29, 1.82) is 0 Å². The van der Waals surface area contributed by atoms with Gasteiger partial charge in [0.1, 0.15) is 11.5 Å². The lowest BCUT2D eigenvalue weighted by Crippen LogP contribution is -2.15. The van der Waals surface area contributed by atoms with E-state index >= 15 is 0 Å². The summed E-state index contributed by atoms with van der Waals surface area (Å²) in [5.41, 5.74) is 3.10. The molecule has 0 aromatic carbocycles. The Bertz CT molecular complexity index is 822. The summed E-state index contributed by atoms with van der Waals surface area (Å²) >= 11 is 0. The van der Waals surface area contributed by atoms with Crippen molar-refractivity contribution in [2.75, 3.05) is 11.9 Å². The van der Waals surface area contributed by atoms with Crippen molar-refractivity contribution >= 4 is 17.7 Å². The third kappa shape index (κ3) is 3.79. The number of anilines is 1. The Morgan fingerprint density at radius 1 is 1.36 bits per heavy atom. The van der Waals surface area contributed by atoms with Crippen molar-refractivity contribution in [2.45, 2.75) is 34.2 Å². The van der Waals surface area contributed by atoms with Gasteiger partial charge in [-0.15, -0.1) is 6.58 Å². The minimum atomic E-state index is -0.447. The van der Waals surface area contributed by atoms with Gasteiger partial charge in [0.2, 0.25) is 0 Å². The van der Waals surface area contributed by atoms with Crippen LogP contribution in [0.4, 0.5) is 5.82 Å². The molecule has 0 saturated heterocycles. The van der Waals surface area contributed by atoms with Crippen LogP contribution in [0.1, 0.15) is 44.6 Å². The number of aromatic nitrogens is 2. The number of esters is 1. The summed E-state index contributed by atoms with van der Waals surface area (Å²) in [6.07, 6.45) is 3.32. The highest BCUT2D eigenvalue weighted by Gasteiger charge is 2.26. The van der Waals surface area contributed by atoms with Gasteiger partial charge in [-0.25, -0.2) is 9.78 Å². The molecule has 1 N–H and O–H groups in total. The molecule has 25 heavy (non-hydrogen) atoms. The summed E-state index contributed by atoms with van der Waals surface area (Å²) in [6, 6.07) is 3.64. The van der Waals surface area contributed by atoms with Gasteiger partial charge < -0.3 is 14.6 Å². The molecule has 6 heteroatoms. The van der Waals surface area contributed by atoms with E-state index in [9.17, 15) is 9.59 Å². The first-order valence-electron chi connectivity index (χ1n) is 8.12. The van der Waals surface area contributed by atoms with Gasteiger partial charge >= 0.3 is 5.97 Å². The van der Waals surface area contributed by atoms with Gasteiger partial charge in [0, 0.05) is 18.4 Å². The zero-order valence-electron chi connectivity index (χ0n) is 15.0. The largest absolute Gasteiger partial charge is 0.461 e. The molecule has 0 bridgehead atoms. The molecule has 0 fully saturated rings. The number of allylic oxidation sites excluding steroid dienone is 1. The van der Waals surface area contributed by atoms with E-state index in [1.54, 1.807) is 43.7 Å². The molecule has 6 nitrogen and oxygen atoms in total. The average molecular weight is 341 g/mol. The second kappa shape index (κ2) is 7.79. The van der Waals surface area contributed by atoms with Crippen LogP contribution in [0.25, 0.3) is 0 Å². The molecule has 0 radical (unpaired) electrons. The van der Waals surface area contributed by atoms with Crippen LogP contribution in [0.5, 0.6) is 0 Å². The van der Waals surface area contributed by atoms with Crippen LogP contribution in [0.15, 0.2) is 31.0 Å². The molecule has 0 aliphatic carbocycles. The van der Waals surface area contributed by atoms with Gasteiger partial charge in [0.05, 0.1) is 12.2 Å². The van der Waals surface area contributed by atoms with Crippen LogP contribution < -0.4 is 5.32 Å². The van der Waals surface area contributed by atoms with Crippen molar-refractivity contribution in [1.82, 2.24) is 9.55 Å². The number of ether oxygens (including phenoxy) is 1.